The van der Waals surface area contributed by atoms with Crippen molar-refractivity contribution in [3.8, 4) is 5.75 Å². The van der Waals surface area contributed by atoms with Crippen molar-refractivity contribution in [1.82, 2.24) is 0 Å². The number of nitrogens with zero attached hydrogens (tertiary/aromatic N) is 1. The predicted molar refractivity (Wildman–Crippen MR) is 98.1 cm³/mol. The molecule has 2 aromatic carbocycles. The maximum absolute atomic E-state index is 12.7. The Morgan fingerprint density at radius 1 is 1.23 bits per heavy atom. The SMILES string of the molecule is CC(=O)N1C(=Cc2ccc(OCC(N)=O)c(Cl)c2)C(=O)c2ccccc21. The Hall–Kier alpha value is -3.12. The number of nitrogens with two attached hydrogens (primary N) is 1. The first-order chi connectivity index (χ1) is 12.4. The van der Waals surface area contributed by atoms with Gasteiger partial charge in [0.25, 0.3) is 5.91 Å². The van der Waals surface area contributed by atoms with E-state index in [0.717, 1.165) is 0 Å². The highest BCUT2D eigenvalue weighted by molar-refractivity contribution is 6.32. The van der Waals surface area contributed by atoms with Crippen molar-refractivity contribution in [2.75, 3.05) is 11.5 Å². The third kappa shape index (κ3) is 3.32. The molecule has 2 aromatic rings. The number of hydrogen-bond donors (Lipinski definition) is 1. The van der Waals surface area contributed by atoms with Crippen LogP contribution in [0.4, 0.5) is 5.69 Å². The smallest absolute Gasteiger partial charge is 0.255 e. The lowest BCUT2D eigenvalue weighted by atomic mass is 10.1. The zero-order valence-corrected chi connectivity index (χ0v) is 14.6. The van der Waals surface area contributed by atoms with Gasteiger partial charge in [-0.15, -0.1) is 0 Å². The number of allylic oxidation sites excluding steroid dienone is 1. The summed E-state index contributed by atoms with van der Waals surface area (Å²) >= 11 is 6.15. The van der Waals surface area contributed by atoms with Crippen LogP contribution in [-0.4, -0.2) is 24.2 Å². The largest absolute Gasteiger partial charge is 0.482 e. The second-order valence-corrected chi connectivity index (χ2v) is 6.08. The van der Waals surface area contributed by atoms with Gasteiger partial charge in [0.15, 0.2) is 6.61 Å². The highest BCUT2D eigenvalue weighted by Gasteiger charge is 2.34. The second-order valence-electron chi connectivity index (χ2n) is 5.68. The van der Waals surface area contributed by atoms with Gasteiger partial charge in [0.05, 0.1) is 16.4 Å². The number of primary amides is 1. The standard InChI is InChI=1S/C19H15ClN2O4/c1-11(23)22-15-5-3-2-4-13(15)19(25)16(22)9-12-6-7-17(14(20)8-12)26-10-18(21)24/h2-9H,10H2,1H3,(H2,21,24). The van der Waals surface area contributed by atoms with E-state index in [4.69, 9.17) is 22.1 Å². The first kappa shape index (κ1) is 17.7. The lowest BCUT2D eigenvalue weighted by Gasteiger charge is -2.16. The lowest BCUT2D eigenvalue weighted by molar-refractivity contribution is -0.120. The Morgan fingerprint density at radius 2 is 1.96 bits per heavy atom. The molecule has 0 saturated heterocycles. The average Bonchev–Trinajstić information content (AvgIpc) is 2.87. The predicted octanol–water partition coefficient (Wildman–Crippen LogP) is 2.79. The minimum Gasteiger partial charge on any atom is -0.482 e. The van der Waals surface area contributed by atoms with Gasteiger partial charge in [0.1, 0.15) is 5.75 Å². The number of Topliss-reactive ketones (excluding diaryl/α,β-unsaturated/α-hetero) is 1. The van der Waals surface area contributed by atoms with Crippen LogP contribution in [0.15, 0.2) is 48.2 Å². The molecule has 1 heterocycles. The van der Waals surface area contributed by atoms with Crippen LogP contribution in [0.1, 0.15) is 22.8 Å². The van der Waals surface area contributed by atoms with E-state index in [0.29, 0.717) is 22.6 Å². The van der Waals surface area contributed by atoms with Gasteiger partial charge in [-0.25, -0.2) is 0 Å². The average molecular weight is 371 g/mol. The Bertz CT molecular complexity index is 952. The Balaban J connectivity index is 1.97. The number of para-hydroxylation sites is 1. The highest BCUT2D eigenvalue weighted by Crippen LogP contribution is 2.36. The van der Waals surface area contributed by atoms with Crippen molar-refractivity contribution in [2.45, 2.75) is 6.92 Å². The first-order valence-electron chi connectivity index (χ1n) is 7.75. The summed E-state index contributed by atoms with van der Waals surface area (Å²) < 4.78 is 5.20. The molecule has 0 aromatic heterocycles. The molecule has 1 aliphatic heterocycles. The molecule has 0 atom stereocenters. The number of rotatable bonds is 4. The van der Waals surface area contributed by atoms with Crippen molar-refractivity contribution in [3.63, 3.8) is 0 Å². The molecule has 0 aliphatic carbocycles. The van der Waals surface area contributed by atoms with Gasteiger partial charge in [-0.2, -0.15) is 0 Å². The number of ketones is 1. The maximum atomic E-state index is 12.7. The summed E-state index contributed by atoms with van der Waals surface area (Å²) in [5.74, 6) is -0.807. The van der Waals surface area contributed by atoms with Gasteiger partial charge in [0.2, 0.25) is 11.7 Å². The molecule has 0 unspecified atom stereocenters. The van der Waals surface area contributed by atoms with Crippen LogP contribution in [0.25, 0.3) is 6.08 Å². The summed E-state index contributed by atoms with van der Waals surface area (Å²) in [6.45, 7) is 1.11. The van der Waals surface area contributed by atoms with Gasteiger partial charge in [-0.3, -0.25) is 19.3 Å². The van der Waals surface area contributed by atoms with E-state index >= 15 is 0 Å². The zero-order valence-electron chi connectivity index (χ0n) is 13.9. The van der Waals surface area contributed by atoms with Crippen LogP contribution in [-0.2, 0) is 9.59 Å². The fourth-order valence-electron chi connectivity index (χ4n) is 2.73. The number of halogens is 1. The molecule has 6 nitrogen and oxygen atoms in total. The normalized spacial score (nSPS) is 14.5. The molecule has 0 radical (unpaired) electrons. The van der Waals surface area contributed by atoms with E-state index in [1.165, 1.54) is 11.8 Å². The molecule has 2 N–H and O–H groups in total. The molecule has 26 heavy (non-hydrogen) atoms. The Morgan fingerprint density at radius 3 is 2.62 bits per heavy atom. The minimum atomic E-state index is -0.612. The number of fused-ring (bicyclic) bond motifs is 1. The molecule has 0 spiro atoms. The van der Waals surface area contributed by atoms with Gasteiger partial charge >= 0.3 is 0 Å². The lowest BCUT2D eigenvalue weighted by Crippen LogP contribution is -2.25. The van der Waals surface area contributed by atoms with Gasteiger partial charge < -0.3 is 10.5 Å². The zero-order chi connectivity index (χ0) is 18.8. The third-order valence-electron chi connectivity index (χ3n) is 3.81. The van der Waals surface area contributed by atoms with Gasteiger partial charge in [-0.1, -0.05) is 29.8 Å². The van der Waals surface area contributed by atoms with E-state index in [2.05, 4.69) is 0 Å². The molecule has 1 aliphatic rings. The summed E-state index contributed by atoms with van der Waals surface area (Å²) in [6.07, 6.45) is 1.59. The van der Waals surface area contributed by atoms with E-state index in [9.17, 15) is 14.4 Å². The molecule has 0 fully saturated rings. The molecule has 0 bridgehead atoms. The van der Waals surface area contributed by atoms with Crippen LogP contribution < -0.4 is 15.4 Å². The first-order valence-corrected chi connectivity index (χ1v) is 8.13. The third-order valence-corrected chi connectivity index (χ3v) is 4.10. The van der Waals surface area contributed by atoms with Crippen LogP contribution >= 0.6 is 11.6 Å². The molecule has 132 valence electrons. The van der Waals surface area contributed by atoms with E-state index in [-0.39, 0.29) is 29.0 Å². The number of carbonyl (C=O) groups is 3. The van der Waals surface area contributed by atoms with Crippen molar-refractivity contribution >= 4 is 41.0 Å². The molecule has 0 saturated carbocycles. The fourth-order valence-corrected chi connectivity index (χ4v) is 2.97. The van der Waals surface area contributed by atoms with Crippen molar-refractivity contribution in [2.24, 2.45) is 5.73 Å². The Labute approximate surface area is 154 Å². The molecular formula is C19H15ClN2O4. The summed E-state index contributed by atoms with van der Waals surface area (Å²) in [7, 11) is 0. The monoisotopic (exact) mass is 370 g/mol. The topological polar surface area (TPSA) is 89.7 Å². The molecule has 3 rings (SSSR count). The van der Waals surface area contributed by atoms with Crippen molar-refractivity contribution < 1.29 is 19.1 Å². The van der Waals surface area contributed by atoms with E-state index < -0.39 is 5.91 Å². The number of benzene rings is 2. The highest BCUT2D eigenvalue weighted by atomic mass is 35.5. The number of amides is 2. The maximum Gasteiger partial charge on any atom is 0.255 e. The molecule has 7 heteroatoms. The number of hydrogen-bond acceptors (Lipinski definition) is 4. The minimum absolute atomic E-state index is 0.235. The number of anilines is 1. The second kappa shape index (κ2) is 7.01. The summed E-state index contributed by atoms with van der Waals surface area (Å²) in [5.41, 5.74) is 6.94. The fraction of sp³-hybridized carbons (Fsp3) is 0.105. The summed E-state index contributed by atoms with van der Waals surface area (Å²) in [5, 5.41) is 0.262. The number of ether oxygens (including phenoxy) is 1. The number of carbonyl (C=O) groups excluding carboxylic acids is 3. The van der Waals surface area contributed by atoms with Gasteiger partial charge in [-0.05, 0) is 35.9 Å². The van der Waals surface area contributed by atoms with Crippen LogP contribution in [0, 0.1) is 0 Å². The summed E-state index contributed by atoms with van der Waals surface area (Å²) in [6, 6.07) is 11.8. The summed E-state index contributed by atoms with van der Waals surface area (Å²) in [4.78, 5) is 36.9. The van der Waals surface area contributed by atoms with E-state index in [1.807, 2.05) is 0 Å². The van der Waals surface area contributed by atoms with Crippen LogP contribution in [0.5, 0.6) is 5.75 Å². The molecule has 2 amide bonds. The van der Waals surface area contributed by atoms with Crippen LogP contribution in [0.2, 0.25) is 5.02 Å². The van der Waals surface area contributed by atoms with Gasteiger partial charge in [0, 0.05) is 12.5 Å². The van der Waals surface area contributed by atoms with Crippen molar-refractivity contribution in [1.29, 1.82) is 0 Å². The van der Waals surface area contributed by atoms with Crippen LogP contribution in [0.3, 0.4) is 0 Å². The quantitative estimate of drug-likeness (QED) is 0.838. The van der Waals surface area contributed by atoms with Crippen molar-refractivity contribution in [3.05, 3.63) is 64.3 Å². The van der Waals surface area contributed by atoms with E-state index in [1.54, 1.807) is 48.5 Å². The Kier molecular flexibility index (Phi) is 4.77. The molecular weight excluding hydrogens is 356 g/mol.